The van der Waals surface area contributed by atoms with Crippen LogP contribution in [0.25, 0.3) is 0 Å². The average Bonchev–Trinajstić information content (AvgIpc) is 2.92. The van der Waals surface area contributed by atoms with Crippen LogP contribution in [-0.2, 0) is 4.74 Å². The fraction of sp³-hybridized carbons (Fsp3) is 0.533. The Morgan fingerprint density at radius 2 is 2.30 bits per heavy atom. The third-order valence-electron chi connectivity index (χ3n) is 3.48. The van der Waals surface area contributed by atoms with Crippen molar-refractivity contribution in [2.24, 2.45) is 0 Å². The molecule has 5 heteroatoms. The van der Waals surface area contributed by atoms with Gasteiger partial charge in [0, 0.05) is 6.61 Å². The van der Waals surface area contributed by atoms with E-state index in [2.05, 4.69) is 10.6 Å². The Morgan fingerprint density at radius 1 is 1.50 bits per heavy atom. The lowest BCUT2D eigenvalue weighted by Crippen LogP contribution is -2.43. The van der Waals surface area contributed by atoms with Gasteiger partial charge in [0.05, 0.1) is 24.9 Å². The molecule has 0 bridgehead atoms. The predicted molar refractivity (Wildman–Crippen MR) is 78.3 cm³/mol. The van der Waals surface area contributed by atoms with Crippen molar-refractivity contribution in [1.29, 1.82) is 0 Å². The van der Waals surface area contributed by atoms with Crippen LogP contribution in [0.3, 0.4) is 0 Å². The molecule has 0 aromatic heterocycles. The van der Waals surface area contributed by atoms with Crippen molar-refractivity contribution < 1.29 is 14.3 Å². The van der Waals surface area contributed by atoms with E-state index >= 15 is 0 Å². The Balaban J connectivity index is 1.95. The molecule has 2 unspecified atom stereocenters. The Hall–Kier alpha value is -1.75. The molecule has 0 saturated carbocycles. The van der Waals surface area contributed by atoms with Gasteiger partial charge in [-0.1, -0.05) is 6.07 Å². The second kappa shape index (κ2) is 6.61. The van der Waals surface area contributed by atoms with E-state index in [0.29, 0.717) is 11.4 Å². The zero-order valence-electron chi connectivity index (χ0n) is 12.2. The first-order valence-corrected chi connectivity index (χ1v) is 6.94. The van der Waals surface area contributed by atoms with E-state index in [4.69, 9.17) is 9.47 Å². The lowest BCUT2D eigenvalue weighted by Gasteiger charge is -2.20. The number of urea groups is 1. The number of methoxy groups -OCH3 is 1. The largest absolute Gasteiger partial charge is 0.495 e. The topological polar surface area (TPSA) is 59.6 Å². The zero-order chi connectivity index (χ0) is 14.5. The van der Waals surface area contributed by atoms with Gasteiger partial charge in [0.25, 0.3) is 0 Å². The van der Waals surface area contributed by atoms with Crippen molar-refractivity contribution >= 4 is 11.7 Å². The maximum atomic E-state index is 12.0. The minimum atomic E-state index is -0.239. The molecule has 1 saturated heterocycles. The molecular weight excluding hydrogens is 256 g/mol. The minimum Gasteiger partial charge on any atom is -0.495 e. The smallest absolute Gasteiger partial charge is 0.319 e. The summed E-state index contributed by atoms with van der Waals surface area (Å²) in [5.41, 5.74) is 1.73. The van der Waals surface area contributed by atoms with Crippen molar-refractivity contribution in [3.63, 3.8) is 0 Å². The Labute approximate surface area is 119 Å². The Morgan fingerprint density at radius 3 is 2.95 bits per heavy atom. The standard InChI is InChI=1S/C15H22N2O3/c1-10-6-7-14(19-3)12(9-10)17-15(18)16-11(2)13-5-4-8-20-13/h6-7,9,11,13H,4-5,8H2,1-3H3,(H2,16,17,18). The van der Waals surface area contributed by atoms with Gasteiger partial charge in [-0.05, 0) is 44.4 Å². The van der Waals surface area contributed by atoms with Crippen LogP contribution in [0.2, 0.25) is 0 Å². The van der Waals surface area contributed by atoms with Crippen LogP contribution >= 0.6 is 0 Å². The molecule has 1 aliphatic rings. The number of hydrogen-bond acceptors (Lipinski definition) is 3. The van der Waals surface area contributed by atoms with Crippen LogP contribution in [0.4, 0.5) is 10.5 Å². The van der Waals surface area contributed by atoms with Crippen molar-refractivity contribution in [1.82, 2.24) is 5.32 Å². The molecule has 0 radical (unpaired) electrons. The maximum absolute atomic E-state index is 12.0. The summed E-state index contributed by atoms with van der Waals surface area (Å²) in [7, 11) is 1.59. The fourth-order valence-corrected chi connectivity index (χ4v) is 2.37. The summed E-state index contributed by atoms with van der Waals surface area (Å²) >= 11 is 0. The highest BCUT2D eigenvalue weighted by Gasteiger charge is 2.23. The van der Waals surface area contributed by atoms with Crippen LogP contribution in [-0.4, -0.2) is 31.9 Å². The molecule has 2 atom stereocenters. The molecular formula is C15H22N2O3. The van der Waals surface area contributed by atoms with E-state index in [9.17, 15) is 4.79 Å². The van der Waals surface area contributed by atoms with E-state index < -0.39 is 0 Å². The number of aryl methyl sites for hydroxylation is 1. The number of anilines is 1. The highest BCUT2D eigenvalue weighted by Crippen LogP contribution is 2.25. The highest BCUT2D eigenvalue weighted by molar-refractivity contribution is 5.91. The van der Waals surface area contributed by atoms with Gasteiger partial charge >= 0.3 is 6.03 Å². The summed E-state index contributed by atoms with van der Waals surface area (Å²) in [5.74, 6) is 0.649. The minimum absolute atomic E-state index is 0.00620. The SMILES string of the molecule is COc1ccc(C)cc1NC(=O)NC(C)C1CCCO1. The summed E-state index contributed by atoms with van der Waals surface area (Å²) in [4.78, 5) is 12.0. The lowest BCUT2D eigenvalue weighted by molar-refractivity contribution is 0.0868. The van der Waals surface area contributed by atoms with Gasteiger partial charge in [-0.15, -0.1) is 0 Å². The number of benzene rings is 1. The number of hydrogen-bond donors (Lipinski definition) is 2. The average molecular weight is 278 g/mol. The van der Waals surface area contributed by atoms with E-state index in [1.54, 1.807) is 7.11 Å². The highest BCUT2D eigenvalue weighted by atomic mass is 16.5. The lowest BCUT2D eigenvalue weighted by atomic mass is 10.1. The molecule has 0 aliphatic carbocycles. The first-order chi connectivity index (χ1) is 9.60. The van der Waals surface area contributed by atoms with E-state index in [1.165, 1.54) is 0 Å². The predicted octanol–water partition coefficient (Wildman–Crippen LogP) is 2.69. The van der Waals surface area contributed by atoms with Gasteiger partial charge in [0.1, 0.15) is 5.75 Å². The zero-order valence-corrected chi connectivity index (χ0v) is 12.2. The van der Waals surface area contributed by atoms with Gasteiger partial charge in [-0.3, -0.25) is 0 Å². The van der Waals surface area contributed by atoms with Gasteiger partial charge in [-0.2, -0.15) is 0 Å². The molecule has 110 valence electrons. The Kier molecular flexibility index (Phi) is 4.84. The number of nitrogens with one attached hydrogen (secondary N) is 2. The monoisotopic (exact) mass is 278 g/mol. The second-order valence-corrected chi connectivity index (χ2v) is 5.14. The molecule has 0 spiro atoms. The summed E-state index contributed by atoms with van der Waals surface area (Å²) < 4.78 is 10.8. The van der Waals surface area contributed by atoms with Crippen LogP contribution in [0.1, 0.15) is 25.3 Å². The normalized spacial score (nSPS) is 19.4. The second-order valence-electron chi connectivity index (χ2n) is 5.14. The molecule has 1 aliphatic heterocycles. The fourth-order valence-electron chi connectivity index (χ4n) is 2.37. The van der Waals surface area contributed by atoms with Crippen molar-refractivity contribution in [3.05, 3.63) is 23.8 Å². The van der Waals surface area contributed by atoms with Crippen LogP contribution < -0.4 is 15.4 Å². The quantitative estimate of drug-likeness (QED) is 0.890. The molecule has 1 aromatic carbocycles. The van der Waals surface area contributed by atoms with Gasteiger partial charge in [0.2, 0.25) is 0 Å². The summed E-state index contributed by atoms with van der Waals surface area (Å²) in [6.07, 6.45) is 2.17. The van der Waals surface area contributed by atoms with Crippen molar-refractivity contribution in [2.45, 2.75) is 38.8 Å². The molecule has 2 rings (SSSR count). The summed E-state index contributed by atoms with van der Waals surface area (Å²) in [6.45, 7) is 4.71. The van der Waals surface area contributed by atoms with Gasteiger partial charge in [0.15, 0.2) is 0 Å². The third kappa shape index (κ3) is 3.63. The number of carbonyl (C=O) groups is 1. The molecule has 1 fully saturated rings. The van der Waals surface area contributed by atoms with Crippen molar-refractivity contribution in [2.75, 3.05) is 19.0 Å². The first kappa shape index (κ1) is 14.7. The van der Waals surface area contributed by atoms with Crippen LogP contribution in [0.15, 0.2) is 18.2 Å². The number of ether oxygens (including phenoxy) is 2. The molecule has 1 heterocycles. The van der Waals surface area contributed by atoms with E-state index in [0.717, 1.165) is 25.0 Å². The van der Waals surface area contributed by atoms with Gasteiger partial charge < -0.3 is 20.1 Å². The first-order valence-electron chi connectivity index (χ1n) is 6.94. The summed E-state index contributed by atoms with van der Waals surface area (Å²) in [6, 6.07) is 5.42. The van der Waals surface area contributed by atoms with Crippen LogP contribution in [0, 0.1) is 6.92 Å². The molecule has 2 N–H and O–H groups in total. The van der Waals surface area contributed by atoms with Crippen molar-refractivity contribution in [3.8, 4) is 5.75 Å². The number of amides is 2. The third-order valence-corrected chi connectivity index (χ3v) is 3.48. The van der Waals surface area contributed by atoms with E-state index in [-0.39, 0.29) is 18.2 Å². The molecule has 1 aromatic rings. The number of rotatable bonds is 4. The molecule has 20 heavy (non-hydrogen) atoms. The molecule has 2 amide bonds. The van der Waals surface area contributed by atoms with E-state index in [1.807, 2.05) is 32.0 Å². The maximum Gasteiger partial charge on any atom is 0.319 e. The van der Waals surface area contributed by atoms with Gasteiger partial charge in [-0.25, -0.2) is 4.79 Å². The van der Waals surface area contributed by atoms with Crippen LogP contribution in [0.5, 0.6) is 5.75 Å². The Bertz CT molecular complexity index is 470. The molecule has 5 nitrogen and oxygen atoms in total. The number of carbonyl (C=O) groups excluding carboxylic acids is 1. The summed E-state index contributed by atoms with van der Waals surface area (Å²) in [5, 5.41) is 5.74.